The predicted molar refractivity (Wildman–Crippen MR) is 35.2 cm³/mol. The highest BCUT2D eigenvalue weighted by Gasteiger charge is 2.32. The molecule has 0 aromatic heterocycles. The lowest BCUT2D eigenvalue weighted by Crippen LogP contribution is -2.28. The van der Waals surface area contributed by atoms with Gasteiger partial charge in [-0.2, -0.15) is 0 Å². The highest BCUT2D eigenvalue weighted by atomic mass is 16.5. The summed E-state index contributed by atoms with van der Waals surface area (Å²) in [6.07, 6.45) is -1.08. The van der Waals surface area contributed by atoms with E-state index in [4.69, 9.17) is 9.84 Å². The molecule has 11 heavy (non-hydrogen) atoms. The van der Waals surface area contributed by atoms with Crippen molar-refractivity contribution in [1.29, 1.82) is 0 Å². The summed E-state index contributed by atoms with van der Waals surface area (Å²) in [6, 6.07) is 0. The zero-order chi connectivity index (χ0) is 8.43. The lowest BCUT2D eigenvalue weighted by molar-refractivity contribution is -0.120. The van der Waals surface area contributed by atoms with Gasteiger partial charge in [0.1, 0.15) is 0 Å². The number of carbonyl (C=O) groups excluding carboxylic acids is 1. The number of methoxy groups -OCH3 is 2. The Morgan fingerprint density at radius 3 is 2.45 bits per heavy atom. The second-order valence-corrected chi connectivity index (χ2v) is 1.98. The van der Waals surface area contributed by atoms with Crippen molar-refractivity contribution in [3.05, 3.63) is 11.5 Å². The van der Waals surface area contributed by atoms with Crippen molar-refractivity contribution in [2.45, 2.75) is 6.23 Å². The second kappa shape index (κ2) is 2.79. The summed E-state index contributed by atoms with van der Waals surface area (Å²) in [7, 11) is 2.70. The number of aliphatic hydroxyl groups excluding tert-OH is 1. The number of amides is 1. The molecule has 1 aliphatic rings. The summed E-state index contributed by atoms with van der Waals surface area (Å²) in [5.74, 6) is -0.311. The van der Waals surface area contributed by atoms with Gasteiger partial charge in [-0.05, 0) is 0 Å². The number of carbonyl (C=O) groups is 1. The zero-order valence-electron chi connectivity index (χ0n) is 6.25. The van der Waals surface area contributed by atoms with Gasteiger partial charge in [0.2, 0.25) is 5.76 Å². The third kappa shape index (κ3) is 1.14. The molecule has 0 spiro atoms. The van der Waals surface area contributed by atoms with E-state index in [0.29, 0.717) is 0 Å². The van der Waals surface area contributed by atoms with Crippen LogP contribution in [0.3, 0.4) is 0 Å². The number of hydrogen-bond acceptors (Lipinski definition) is 4. The normalized spacial score (nSPS) is 23.5. The van der Waals surface area contributed by atoms with Gasteiger partial charge in [-0.15, -0.1) is 0 Å². The average Bonchev–Trinajstić information content (AvgIpc) is 2.24. The molecule has 1 heterocycles. The Balaban J connectivity index is 2.92. The fourth-order valence-electron chi connectivity index (χ4n) is 0.889. The van der Waals surface area contributed by atoms with E-state index >= 15 is 0 Å². The van der Waals surface area contributed by atoms with E-state index in [1.165, 1.54) is 14.2 Å². The molecular weight excluding hydrogens is 150 g/mol. The van der Waals surface area contributed by atoms with Crippen LogP contribution in [0.25, 0.3) is 0 Å². The smallest absolute Gasteiger partial charge is 0.292 e. The maximum atomic E-state index is 10.9. The summed E-state index contributed by atoms with van der Waals surface area (Å²) >= 11 is 0. The first kappa shape index (κ1) is 7.87. The van der Waals surface area contributed by atoms with Crippen molar-refractivity contribution >= 4 is 5.91 Å². The standard InChI is InChI=1S/C6H9NO4/c1-10-3-4(11-2)6(9)7-5(3)8/h5,8H,1-2H3,(H,7,9). The SMILES string of the molecule is COC1=C(OC)C(O)NC1=O. The second-order valence-electron chi connectivity index (χ2n) is 1.98. The molecule has 0 aromatic carbocycles. The minimum absolute atomic E-state index is 0.0278. The molecule has 1 unspecified atom stereocenters. The van der Waals surface area contributed by atoms with Crippen LogP contribution in [-0.2, 0) is 14.3 Å². The molecule has 0 saturated carbocycles. The Hall–Kier alpha value is -1.23. The molecule has 0 saturated heterocycles. The van der Waals surface area contributed by atoms with Gasteiger partial charge in [0, 0.05) is 0 Å². The minimum atomic E-state index is -1.08. The van der Waals surface area contributed by atoms with Gasteiger partial charge < -0.3 is 19.9 Å². The van der Waals surface area contributed by atoms with Gasteiger partial charge >= 0.3 is 0 Å². The van der Waals surface area contributed by atoms with Crippen LogP contribution in [0.15, 0.2) is 11.5 Å². The van der Waals surface area contributed by atoms with Gasteiger partial charge in [0.15, 0.2) is 12.0 Å². The molecule has 0 aliphatic carbocycles. The first-order chi connectivity index (χ1) is 5.20. The van der Waals surface area contributed by atoms with Crippen LogP contribution in [0.5, 0.6) is 0 Å². The summed E-state index contributed by atoms with van der Waals surface area (Å²) in [6.45, 7) is 0. The van der Waals surface area contributed by atoms with Crippen LogP contribution in [0, 0.1) is 0 Å². The zero-order valence-corrected chi connectivity index (χ0v) is 6.25. The van der Waals surface area contributed by atoms with Crippen molar-refractivity contribution in [1.82, 2.24) is 5.32 Å². The van der Waals surface area contributed by atoms with Gasteiger partial charge in [0.25, 0.3) is 5.91 Å². The Labute approximate surface area is 63.6 Å². The average molecular weight is 159 g/mol. The molecule has 1 amide bonds. The van der Waals surface area contributed by atoms with E-state index in [2.05, 4.69) is 10.1 Å². The van der Waals surface area contributed by atoms with E-state index in [-0.39, 0.29) is 11.5 Å². The Bertz CT molecular complexity index is 211. The molecule has 0 bridgehead atoms. The monoisotopic (exact) mass is 159 g/mol. The van der Waals surface area contributed by atoms with Crippen LogP contribution in [0.4, 0.5) is 0 Å². The van der Waals surface area contributed by atoms with Crippen LogP contribution >= 0.6 is 0 Å². The van der Waals surface area contributed by atoms with E-state index in [9.17, 15) is 4.79 Å². The van der Waals surface area contributed by atoms with Crippen LogP contribution < -0.4 is 5.32 Å². The van der Waals surface area contributed by atoms with E-state index < -0.39 is 12.1 Å². The largest absolute Gasteiger partial charge is 0.493 e. The molecule has 1 aliphatic heterocycles. The highest BCUT2D eigenvalue weighted by molar-refractivity contribution is 5.94. The number of nitrogens with one attached hydrogen (secondary N) is 1. The predicted octanol–water partition coefficient (Wildman–Crippen LogP) is -1.06. The molecule has 0 aromatic rings. The number of aliphatic hydroxyl groups is 1. The van der Waals surface area contributed by atoms with E-state index in [0.717, 1.165) is 0 Å². The third-order valence-corrected chi connectivity index (χ3v) is 1.37. The molecule has 0 radical (unpaired) electrons. The first-order valence-electron chi connectivity index (χ1n) is 3.01. The molecule has 1 rings (SSSR count). The summed E-state index contributed by atoms with van der Waals surface area (Å²) in [5.41, 5.74) is 0. The van der Waals surface area contributed by atoms with Crippen LogP contribution in [0.2, 0.25) is 0 Å². The third-order valence-electron chi connectivity index (χ3n) is 1.37. The molecule has 0 fully saturated rings. The fraction of sp³-hybridized carbons (Fsp3) is 0.500. The van der Waals surface area contributed by atoms with Crippen molar-refractivity contribution in [3.8, 4) is 0 Å². The van der Waals surface area contributed by atoms with Gasteiger partial charge in [-0.1, -0.05) is 0 Å². The number of rotatable bonds is 2. The summed E-state index contributed by atoms with van der Waals surface area (Å²) in [4.78, 5) is 10.9. The maximum absolute atomic E-state index is 10.9. The molecule has 2 N–H and O–H groups in total. The van der Waals surface area contributed by atoms with Crippen molar-refractivity contribution in [3.63, 3.8) is 0 Å². The molecule has 5 nitrogen and oxygen atoms in total. The molecule has 5 heteroatoms. The maximum Gasteiger partial charge on any atom is 0.292 e. The van der Waals surface area contributed by atoms with E-state index in [1.54, 1.807) is 0 Å². The lowest BCUT2D eigenvalue weighted by atomic mass is 10.4. The first-order valence-corrected chi connectivity index (χ1v) is 3.01. The minimum Gasteiger partial charge on any atom is -0.493 e. The van der Waals surface area contributed by atoms with Crippen molar-refractivity contribution in [2.75, 3.05) is 14.2 Å². The van der Waals surface area contributed by atoms with Gasteiger partial charge in [-0.25, -0.2) is 0 Å². The Kier molecular flexibility index (Phi) is 2.00. The van der Waals surface area contributed by atoms with E-state index in [1.807, 2.05) is 0 Å². The quantitative estimate of drug-likeness (QED) is 0.539. The van der Waals surface area contributed by atoms with Crippen LogP contribution in [0.1, 0.15) is 0 Å². The molecule has 1 atom stereocenters. The molecule has 62 valence electrons. The summed E-state index contributed by atoms with van der Waals surface area (Å²) < 4.78 is 9.40. The van der Waals surface area contributed by atoms with Gasteiger partial charge in [0.05, 0.1) is 14.2 Å². The highest BCUT2D eigenvalue weighted by Crippen LogP contribution is 2.16. The van der Waals surface area contributed by atoms with Crippen molar-refractivity contribution in [2.24, 2.45) is 0 Å². The van der Waals surface area contributed by atoms with Crippen molar-refractivity contribution < 1.29 is 19.4 Å². The number of hydrogen-bond donors (Lipinski definition) is 2. The Morgan fingerprint density at radius 2 is 2.09 bits per heavy atom. The molecular formula is C6H9NO4. The number of ether oxygens (including phenoxy) is 2. The summed E-state index contributed by atoms with van der Waals surface area (Å²) in [5, 5.41) is 11.3. The Morgan fingerprint density at radius 1 is 1.45 bits per heavy atom. The topological polar surface area (TPSA) is 67.8 Å². The lowest BCUT2D eigenvalue weighted by Gasteiger charge is -2.04. The van der Waals surface area contributed by atoms with Gasteiger partial charge in [-0.3, -0.25) is 4.79 Å². The fourth-order valence-corrected chi connectivity index (χ4v) is 0.889. The van der Waals surface area contributed by atoms with Crippen LogP contribution in [-0.4, -0.2) is 31.5 Å².